The standard InChI is InChI=1S/C13H25N3O2/c1-2-16(9-12(15)17)13(18)8-5-10-3-6-11(14)7-4-10/h10-11H,2-9,14H2,1H3,(H2,15,17). The lowest BCUT2D eigenvalue weighted by atomic mass is 9.84. The summed E-state index contributed by atoms with van der Waals surface area (Å²) in [7, 11) is 0. The minimum Gasteiger partial charge on any atom is -0.368 e. The molecule has 1 fully saturated rings. The van der Waals surface area contributed by atoms with Gasteiger partial charge in [0.1, 0.15) is 0 Å². The van der Waals surface area contributed by atoms with Crippen molar-refractivity contribution in [2.24, 2.45) is 17.4 Å². The van der Waals surface area contributed by atoms with Crippen LogP contribution in [0.3, 0.4) is 0 Å². The van der Waals surface area contributed by atoms with E-state index >= 15 is 0 Å². The molecule has 1 aliphatic carbocycles. The normalized spacial score (nSPS) is 23.7. The number of rotatable bonds is 6. The van der Waals surface area contributed by atoms with Crippen molar-refractivity contribution >= 4 is 11.8 Å². The number of likely N-dealkylation sites (N-methyl/N-ethyl adjacent to an activating group) is 1. The Morgan fingerprint density at radius 3 is 2.33 bits per heavy atom. The fourth-order valence-electron chi connectivity index (χ4n) is 2.53. The molecule has 0 aromatic rings. The number of hydrogen-bond acceptors (Lipinski definition) is 3. The van der Waals surface area contributed by atoms with Crippen LogP contribution in [-0.2, 0) is 9.59 Å². The third-order valence-electron chi connectivity index (χ3n) is 3.74. The second-order valence-corrected chi connectivity index (χ2v) is 5.19. The molecule has 0 heterocycles. The molecule has 2 amide bonds. The predicted molar refractivity (Wildman–Crippen MR) is 70.6 cm³/mol. The highest BCUT2D eigenvalue weighted by Gasteiger charge is 2.20. The van der Waals surface area contributed by atoms with E-state index in [1.54, 1.807) is 0 Å². The van der Waals surface area contributed by atoms with Crippen LogP contribution < -0.4 is 11.5 Å². The van der Waals surface area contributed by atoms with E-state index < -0.39 is 5.91 Å². The van der Waals surface area contributed by atoms with Crippen molar-refractivity contribution < 1.29 is 9.59 Å². The Morgan fingerprint density at radius 1 is 1.22 bits per heavy atom. The minimum atomic E-state index is -0.450. The molecule has 104 valence electrons. The zero-order valence-electron chi connectivity index (χ0n) is 11.2. The molecular weight excluding hydrogens is 230 g/mol. The first kappa shape index (κ1) is 15.0. The highest BCUT2D eigenvalue weighted by molar-refractivity contribution is 5.83. The Balaban J connectivity index is 2.28. The summed E-state index contributed by atoms with van der Waals surface area (Å²) < 4.78 is 0. The van der Waals surface area contributed by atoms with Crippen LogP contribution in [-0.4, -0.2) is 35.8 Å². The van der Waals surface area contributed by atoms with Gasteiger partial charge in [-0.15, -0.1) is 0 Å². The van der Waals surface area contributed by atoms with Crippen LogP contribution in [0.2, 0.25) is 0 Å². The van der Waals surface area contributed by atoms with Crippen molar-refractivity contribution in [1.82, 2.24) is 4.90 Å². The quantitative estimate of drug-likeness (QED) is 0.729. The number of nitrogens with two attached hydrogens (primary N) is 2. The minimum absolute atomic E-state index is 0.0326. The number of hydrogen-bond donors (Lipinski definition) is 2. The molecule has 0 aromatic carbocycles. The van der Waals surface area contributed by atoms with Gasteiger partial charge in [-0.1, -0.05) is 0 Å². The molecule has 18 heavy (non-hydrogen) atoms. The van der Waals surface area contributed by atoms with Crippen LogP contribution in [0.25, 0.3) is 0 Å². The molecule has 1 rings (SSSR count). The van der Waals surface area contributed by atoms with Gasteiger partial charge in [0, 0.05) is 19.0 Å². The Hall–Kier alpha value is -1.10. The first-order valence-corrected chi connectivity index (χ1v) is 6.84. The number of carbonyl (C=O) groups excluding carboxylic acids is 2. The van der Waals surface area contributed by atoms with Gasteiger partial charge in [-0.2, -0.15) is 0 Å². The average Bonchev–Trinajstić information content (AvgIpc) is 2.34. The fourth-order valence-corrected chi connectivity index (χ4v) is 2.53. The van der Waals surface area contributed by atoms with E-state index in [4.69, 9.17) is 11.5 Å². The maximum absolute atomic E-state index is 11.9. The first-order chi connectivity index (χ1) is 8.52. The average molecular weight is 255 g/mol. The van der Waals surface area contributed by atoms with Crippen LogP contribution in [0.4, 0.5) is 0 Å². The van der Waals surface area contributed by atoms with Gasteiger partial charge in [-0.3, -0.25) is 9.59 Å². The third kappa shape index (κ3) is 5.04. The highest BCUT2D eigenvalue weighted by atomic mass is 16.2. The van der Waals surface area contributed by atoms with Gasteiger partial charge in [0.2, 0.25) is 11.8 Å². The summed E-state index contributed by atoms with van der Waals surface area (Å²) in [6.45, 7) is 2.43. The Morgan fingerprint density at radius 2 is 1.83 bits per heavy atom. The van der Waals surface area contributed by atoms with E-state index in [-0.39, 0.29) is 12.5 Å². The van der Waals surface area contributed by atoms with Gasteiger partial charge in [0.15, 0.2) is 0 Å². The van der Waals surface area contributed by atoms with Crippen molar-refractivity contribution in [3.63, 3.8) is 0 Å². The zero-order chi connectivity index (χ0) is 13.5. The van der Waals surface area contributed by atoms with Gasteiger partial charge in [0.05, 0.1) is 6.54 Å². The Labute approximate surface area is 109 Å². The lowest BCUT2D eigenvalue weighted by Crippen LogP contribution is -2.38. The first-order valence-electron chi connectivity index (χ1n) is 6.84. The monoisotopic (exact) mass is 255 g/mol. The van der Waals surface area contributed by atoms with Gasteiger partial charge in [-0.25, -0.2) is 0 Å². The molecule has 0 spiro atoms. The smallest absolute Gasteiger partial charge is 0.237 e. The maximum atomic E-state index is 11.9. The molecule has 0 bridgehead atoms. The predicted octanol–water partition coefficient (Wildman–Crippen LogP) is 0.618. The van der Waals surface area contributed by atoms with Crippen molar-refractivity contribution in [2.45, 2.75) is 51.5 Å². The molecule has 0 aromatic heterocycles. The molecule has 1 saturated carbocycles. The molecule has 1 aliphatic rings. The summed E-state index contributed by atoms with van der Waals surface area (Å²) in [4.78, 5) is 24.3. The van der Waals surface area contributed by atoms with E-state index in [0.29, 0.717) is 24.9 Å². The van der Waals surface area contributed by atoms with E-state index in [1.165, 1.54) is 4.90 Å². The molecule has 0 aliphatic heterocycles. The van der Waals surface area contributed by atoms with E-state index in [9.17, 15) is 9.59 Å². The molecule has 4 N–H and O–H groups in total. The van der Waals surface area contributed by atoms with Crippen molar-refractivity contribution in [2.75, 3.05) is 13.1 Å². The molecular formula is C13H25N3O2. The number of nitrogens with zero attached hydrogens (tertiary/aromatic N) is 1. The summed E-state index contributed by atoms with van der Waals surface area (Å²) in [6.07, 6.45) is 5.80. The third-order valence-corrected chi connectivity index (χ3v) is 3.74. The lowest BCUT2D eigenvalue weighted by molar-refractivity contribution is -0.135. The van der Waals surface area contributed by atoms with Gasteiger partial charge >= 0.3 is 0 Å². The van der Waals surface area contributed by atoms with Crippen molar-refractivity contribution in [3.8, 4) is 0 Å². The second-order valence-electron chi connectivity index (χ2n) is 5.19. The number of carbonyl (C=O) groups is 2. The van der Waals surface area contributed by atoms with Crippen LogP contribution in [0.15, 0.2) is 0 Å². The Bertz CT molecular complexity index is 286. The topological polar surface area (TPSA) is 89.4 Å². The fraction of sp³-hybridized carbons (Fsp3) is 0.846. The molecule has 0 unspecified atom stereocenters. The summed E-state index contributed by atoms with van der Waals surface area (Å²) >= 11 is 0. The van der Waals surface area contributed by atoms with Crippen LogP contribution in [0, 0.1) is 5.92 Å². The number of amides is 2. The summed E-state index contributed by atoms with van der Waals surface area (Å²) in [5.74, 6) is 0.195. The summed E-state index contributed by atoms with van der Waals surface area (Å²) in [6, 6.07) is 0.346. The van der Waals surface area contributed by atoms with Crippen molar-refractivity contribution in [3.05, 3.63) is 0 Å². The van der Waals surface area contributed by atoms with E-state index in [0.717, 1.165) is 32.1 Å². The van der Waals surface area contributed by atoms with Crippen LogP contribution >= 0.6 is 0 Å². The Kier molecular flexibility index (Phi) is 6.12. The second kappa shape index (κ2) is 7.36. The molecule has 5 heteroatoms. The summed E-state index contributed by atoms with van der Waals surface area (Å²) in [5, 5.41) is 0. The van der Waals surface area contributed by atoms with Crippen LogP contribution in [0.5, 0.6) is 0 Å². The van der Waals surface area contributed by atoms with Crippen LogP contribution in [0.1, 0.15) is 45.4 Å². The maximum Gasteiger partial charge on any atom is 0.237 e. The SMILES string of the molecule is CCN(CC(N)=O)C(=O)CCC1CCC(N)CC1. The van der Waals surface area contributed by atoms with Gasteiger partial charge < -0.3 is 16.4 Å². The zero-order valence-corrected chi connectivity index (χ0v) is 11.2. The molecule has 0 atom stereocenters. The largest absolute Gasteiger partial charge is 0.368 e. The lowest BCUT2D eigenvalue weighted by Gasteiger charge is -2.26. The van der Waals surface area contributed by atoms with Crippen molar-refractivity contribution in [1.29, 1.82) is 0 Å². The highest BCUT2D eigenvalue weighted by Crippen LogP contribution is 2.27. The summed E-state index contributed by atoms with van der Waals surface area (Å²) in [5.41, 5.74) is 11.0. The van der Waals surface area contributed by atoms with Gasteiger partial charge in [0.25, 0.3) is 0 Å². The van der Waals surface area contributed by atoms with Gasteiger partial charge in [-0.05, 0) is 44.9 Å². The number of primary amides is 1. The van der Waals surface area contributed by atoms with E-state index in [2.05, 4.69) is 0 Å². The van der Waals surface area contributed by atoms with E-state index in [1.807, 2.05) is 6.92 Å². The molecule has 5 nitrogen and oxygen atoms in total. The molecule has 0 saturated heterocycles. The molecule has 0 radical (unpaired) electrons.